The number of ether oxygens (including phenoxy) is 5. The topological polar surface area (TPSA) is 118 Å². The molecule has 0 radical (unpaired) electrons. The average molecular weight is 507 g/mol. The molecule has 1 aliphatic heterocycles. The molecule has 1 fully saturated rings. The third-order valence-electron chi connectivity index (χ3n) is 5.74. The second kappa shape index (κ2) is 12.3. The molecule has 9 heteroatoms. The molecular weight excluding hydrogens is 480 g/mol. The lowest BCUT2D eigenvalue weighted by Crippen LogP contribution is -2.61. The summed E-state index contributed by atoms with van der Waals surface area (Å²) >= 11 is 0. The molecule has 1 aliphatic rings. The summed E-state index contributed by atoms with van der Waals surface area (Å²) in [6.45, 7) is -0.369. The Balaban J connectivity index is 1.60. The van der Waals surface area contributed by atoms with Crippen LogP contribution in [0.15, 0.2) is 91.0 Å². The van der Waals surface area contributed by atoms with Crippen molar-refractivity contribution in [1.82, 2.24) is 0 Å². The molecular formula is C28H26O9. The Kier molecular flexibility index (Phi) is 8.63. The maximum Gasteiger partial charge on any atom is 0.338 e. The summed E-state index contributed by atoms with van der Waals surface area (Å²) in [6, 6.07) is 24.6. The number of rotatable bonds is 8. The average Bonchev–Trinajstić information content (AvgIpc) is 2.95. The molecule has 9 nitrogen and oxygen atoms in total. The van der Waals surface area contributed by atoms with E-state index >= 15 is 0 Å². The van der Waals surface area contributed by atoms with Gasteiger partial charge in [0.15, 0.2) is 18.5 Å². The zero-order valence-electron chi connectivity index (χ0n) is 20.0. The van der Waals surface area contributed by atoms with E-state index in [1.54, 1.807) is 91.0 Å². The molecule has 5 atom stereocenters. The van der Waals surface area contributed by atoms with Crippen LogP contribution in [0.25, 0.3) is 0 Å². The Morgan fingerprint density at radius 3 is 1.59 bits per heavy atom. The maximum absolute atomic E-state index is 12.9. The predicted molar refractivity (Wildman–Crippen MR) is 130 cm³/mol. The SMILES string of the molecule is CO[C@@H]1O[C@H](COC(=O)c2ccccc2)[C@H](OC(=O)c2ccccc2)[C@H](OC(=O)c2ccccc2)[C@H]1O. The lowest BCUT2D eigenvalue weighted by atomic mass is 9.98. The van der Waals surface area contributed by atoms with Crippen LogP contribution < -0.4 is 0 Å². The van der Waals surface area contributed by atoms with E-state index < -0.39 is 48.6 Å². The number of benzene rings is 3. The van der Waals surface area contributed by atoms with Crippen molar-refractivity contribution in [3.05, 3.63) is 108 Å². The lowest BCUT2D eigenvalue weighted by molar-refractivity contribution is -0.292. The fraction of sp³-hybridized carbons (Fsp3) is 0.250. The monoisotopic (exact) mass is 506 g/mol. The highest BCUT2D eigenvalue weighted by Gasteiger charge is 2.50. The highest BCUT2D eigenvalue weighted by atomic mass is 16.7. The first kappa shape index (κ1) is 26.0. The maximum atomic E-state index is 12.9. The number of aliphatic hydroxyl groups excluding tert-OH is 1. The largest absolute Gasteiger partial charge is 0.459 e. The Morgan fingerprint density at radius 2 is 1.14 bits per heavy atom. The molecule has 3 aromatic rings. The fourth-order valence-corrected chi connectivity index (χ4v) is 3.85. The van der Waals surface area contributed by atoms with Crippen LogP contribution in [0.3, 0.4) is 0 Å². The van der Waals surface area contributed by atoms with Gasteiger partial charge >= 0.3 is 17.9 Å². The minimum atomic E-state index is -1.51. The number of methoxy groups -OCH3 is 1. The van der Waals surface area contributed by atoms with Crippen molar-refractivity contribution in [3.63, 3.8) is 0 Å². The third kappa shape index (κ3) is 6.39. The summed E-state index contributed by atoms with van der Waals surface area (Å²) in [6.07, 6.45) is -6.60. The number of hydrogen-bond acceptors (Lipinski definition) is 9. The highest BCUT2D eigenvalue weighted by Crippen LogP contribution is 2.28. The van der Waals surface area contributed by atoms with Crippen LogP contribution in [0.1, 0.15) is 31.1 Å². The van der Waals surface area contributed by atoms with Gasteiger partial charge in [0.05, 0.1) is 16.7 Å². The van der Waals surface area contributed by atoms with Crippen molar-refractivity contribution in [2.75, 3.05) is 13.7 Å². The highest BCUT2D eigenvalue weighted by molar-refractivity contribution is 5.90. The number of esters is 3. The van der Waals surface area contributed by atoms with Gasteiger partial charge in [0.2, 0.25) is 0 Å². The van der Waals surface area contributed by atoms with Gasteiger partial charge in [-0.3, -0.25) is 0 Å². The molecule has 0 bridgehead atoms. The van der Waals surface area contributed by atoms with Gasteiger partial charge in [0.25, 0.3) is 0 Å². The van der Waals surface area contributed by atoms with Gasteiger partial charge in [-0.05, 0) is 36.4 Å². The molecule has 0 spiro atoms. The first-order chi connectivity index (χ1) is 18.0. The Hall–Kier alpha value is -4.05. The molecule has 0 aliphatic carbocycles. The fourth-order valence-electron chi connectivity index (χ4n) is 3.85. The smallest absolute Gasteiger partial charge is 0.338 e. The zero-order valence-corrected chi connectivity index (χ0v) is 20.0. The molecule has 37 heavy (non-hydrogen) atoms. The molecule has 4 rings (SSSR count). The first-order valence-electron chi connectivity index (χ1n) is 11.6. The Labute approximate surface area is 213 Å². The van der Waals surface area contributed by atoms with Crippen LogP contribution >= 0.6 is 0 Å². The Morgan fingerprint density at radius 1 is 0.703 bits per heavy atom. The van der Waals surface area contributed by atoms with E-state index in [4.69, 9.17) is 23.7 Å². The van der Waals surface area contributed by atoms with Crippen molar-refractivity contribution in [3.8, 4) is 0 Å². The third-order valence-corrected chi connectivity index (χ3v) is 5.74. The van der Waals surface area contributed by atoms with E-state index in [1.165, 1.54) is 7.11 Å². The predicted octanol–water partition coefficient (Wildman–Crippen LogP) is 3.03. The molecule has 0 amide bonds. The van der Waals surface area contributed by atoms with Gasteiger partial charge in [-0.1, -0.05) is 54.6 Å². The van der Waals surface area contributed by atoms with Gasteiger partial charge in [0, 0.05) is 7.11 Å². The summed E-state index contributed by atoms with van der Waals surface area (Å²) in [5, 5.41) is 10.9. The van der Waals surface area contributed by atoms with Crippen molar-refractivity contribution in [1.29, 1.82) is 0 Å². The van der Waals surface area contributed by atoms with E-state index in [9.17, 15) is 19.5 Å². The van der Waals surface area contributed by atoms with E-state index in [-0.39, 0.29) is 17.7 Å². The van der Waals surface area contributed by atoms with Gasteiger partial charge < -0.3 is 28.8 Å². The summed E-state index contributed by atoms with van der Waals surface area (Å²) in [7, 11) is 1.30. The molecule has 1 N–H and O–H groups in total. The van der Waals surface area contributed by atoms with E-state index in [2.05, 4.69) is 0 Å². The van der Waals surface area contributed by atoms with Gasteiger partial charge in [-0.25, -0.2) is 14.4 Å². The molecule has 3 aromatic carbocycles. The van der Waals surface area contributed by atoms with E-state index in [0.717, 1.165) is 0 Å². The van der Waals surface area contributed by atoms with Crippen LogP contribution in [0.2, 0.25) is 0 Å². The van der Waals surface area contributed by atoms with Crippen molar-refractivity contribution in [2.45, 2.75) is 30.7 Å². The van der Waals surface area contributed by atoms with Crippen LogP contribution in [0.5, 0.6) is 0 Å². The van der Waals surface area contributed by atoms with Gasteiger partial charge in [-0.15, -0.1) is 0 Å². The molecule has 0 unspecified atom stereocenters. The molecule has 0 saturated carbocycles. The summed E-state index contributed by atoms with van der Waals surface area (Å²) < 4.78 is 27.8. The molecule has 0 aromatic heterocycles. The van der Waals surface area contributed by atoms with Crippen molar-refractivity contribution < 1.29 is 43.2 Å². The quantitative estimate of drug-likeness (QED) is 0.363. The normalized spacial score (nSPS) is 23.0. The van der Waals surface area contributed by atoms with Crippen molar-refractivity contribution in [2.24, 2.45) is 0 Å². The van der Waals surface area contributed by atoms with Crippen molar-refractivity contribution >= 4 is 17.9 Å². The molecule has 1 saturated heterocycles. The van der Waals surface area contributed by atoms with Crippen LogP contribution in [-0.2, 0) is 23.7 Å². The number of carbonyl (C=O) groups excluding carboxylic acids is 3. The standard InChI is InChI=1S/C28H26O9/c1-33-28-22(29)24(37-27(32)20-15-9-4-10-16-20)23(36-26(31)19-13-7-3-8-14-19)21(35-28)17-34-25(30)18-11-5-2-6-12-18/h2-16,21-24,28-29H,17H2,1H3/t21-,22-,23+,24-,28-/m1/s1. The molecule has 192 valence electrons. The van der Waals surface area contributed by atoms with Gasteiger partial charge in [0.1, 0.15) is 18.8 Å². The minimum Gasteiger partial charge on any atom is -0.459 e. The van der Waals surface area contributed by atoms with Crippen LogP contribution in [-0.4, -0.2) is 67.4 Å². The summed E-state index contributed by atoms with van der Waals surface area (Å²) in [4.78, 5) is 38.4. The van der Waals surface area contributed by atoms with Crippen LogP contribution in [0, 0.1) is 0 Å². The number of carbonyl (C=O) groups is 3. The summed E-state index contributed by atoms with van der Waals surface area (Å²) in [5.41, 5.74) is 0.779. The lowest BCUT2D eigenvalue weighted by Gasteiger charge is -2.42. The first-order valence-corrected chi connectivity index (χ1v) is 11.6. The van der Waals surface area contributed by atoms with Crippen LogP contribution in [0.4, 0.5) is 0 Å². The Bertz CT molecular complexity index is 1180. The number of hydrogen-bond donors (Lipinski definition) is 1. The molecule has 1 heterocycles. The second-order valence-corrected chi connectivity index (χ2v) is 8.21. The van der Waals surface area contributed by atoms with E-state index in [1.807, 2.05) is 0 Å². The van der Waals surface area contributed by atoms with Gasteiger partial charge in [-0.2, -0.15) is 0 Å². The zero-order chi connectivity index (χ0) is 26.2. The minimum absolute atomic E-state index is 0.232. The van der Waals surface area contributed by atoms with E-state index in [0.29, 0.717) is 5.56 Å². The number of aliphatic hydroxyl groups is 1. The second-order valence-electron chi connectivity index (χ2n) is 8.21. The summed E-state index contributed by atoms with van der Waals surface area (Å²) in [5.74, 6) is -2.12.